The molecule has 0 rings (SSSR count). The minimum absolute atomic E-state index is 0.597. The van der Waals surface area contributed by atoms with Crippen molar-refractivity contribution < 1.29 is 0 Å². The van der Waals surface area contributed by atoms with E-state index < -0.39 is 0 Å². The van der Waals surface area contributed by atoms with Gasteiger partial charge in [0, 0.05) is 13.1 Å². The van der Waals surface area contributed by atoms with Gasteiger partial charge in [0.05, 0.1) is 0 Å². The van der Waals surface area contributed by atoms with Crippen LogP contribution < -0.4 is 22.9 Å². The van der Waals surface area contributed by atoms with E-state index in [1.54, 1.807) is 0 Å². The number of hydrogen-bond donors (Lipinski definition) is 4. The molecule has 0 aromatic carbocycles. The molecular weight excluding hydrogens is 140 g/mol. The van der Waals surface area contributed by atoms with Gasteiger partial charge in [-0.3, -0.25) is 0 Å². The molecular formula is C7H22N4. The third kappa shape index (κ3) is 25.8. The molecule has 4 nitrogen and oxygen atoms in total. The Hall–Kier alpha value is -0.160. The molecule has 0 fully saturated rings. The summed E-state index contributed by atoms with van der Waals surface area (Å²) >= 11 is 0. The van der Waals surface area contributed by atoms with E-state index in [0.717, 1.165) is 25.9 Å². The molecule has 0 bridgehead atoms. The molecule has 0 aliphatic carbocycles. The summed E-state index contributed by atoms with van der Waals surface area (Å²) in [6.07, 6.45) is 3.43. The number of unbranched alkanes of at least 4 members (excludes halogenated alkanes) is 2. The summed E-state index contributed by atoms with van der Waals surface area (Å²) in [6.45, 7) is 2.81. The molecule has 0 spiro atoms. The highest BCUT2D eigenvalue weighted by Crippen LogP contribution is 1.88. The first-order chi connectivity index (χ1) is 5.33. The highest BCUT2D eigenvalue weighted by atomic mass is 14.6. The first-order valence-electron chi connectivity index (χ1n) is 4.13. The summed E-state index contributed by atoms with van der Waals surface area (Å²) in [5, 5.41) is 0. The maximum Gasteiger partial charge on any atom is 0.00461 e. The lowest BCUT2D eigenvalue weighted by Crippen LogP contribution is -2.11. The minimum atomic E-state index is 0.597. The van der Waals surface area contributed by atoms with Gasteiger partial charge in [0.15, 0.2) is 0 Å². The fourth-order valence-electron chi connectivity index (χ4n) is 0.465. The molecule has 0 atom stereocenters. The summed E-state index contributed by atoms with van der Waals surface area (Å²) in [7, 11) is 0. The average Bonchev–Trinajstić information content (AvgIpc) is 2.06. The predicted molar refractivity (Wildman–Crippen MR) is 50.1 cm³/mol. The number of hydrogen-bond acceptors (Lipinski definition) is 4. The summed E-state index contributed by atoms with van der Waals surface area (Å²) in [6, 6.07) is 0. The van der Waals surface area contributed by atoms with E-state index >= 15 is 0 Å². The van der Waals surface area contributed by atoms with Crippen molar-refractivity contribution in [3.8, 4) is 0 Å². The van der Waals surface area contributed by atoms with Crippen LogP contribution >= 0.6 is 0 Å². The third-order valence-electron chi connectivity index (χ3n) is 1.07. The first kappa shape index (κ1) is 13.4. The zero-order chi connectivity index (χ0) is 8.95. The molecule has 0 saturated carbocycles. The lowest BCUT2D eigenvalue weighted by atomic mass is 10.2. The van der Waals surface area contributed by atoms with Gasteiger partial charge in [-0.1, -0.05) is 6.42 Å². The van der Waals surface area contributed by atoms with E-state index in [2.05, 4.69) is 0 Å². The molecule has 0 amide bonds. The van der Waals surface area contributed by atoms with Crippen molar-refractivity contribution in [1.29, 1.82) is 0 Å². The van der Waals surface area contributed by atoms with Gasteiger partial charge in [-0.05, 0) is 25.9 Å². The molecule has 4 heteroatoms. The average molecular weight is 162 g/mol. The van der Waals surface area contributed by atoms with Crippen LogP contribution in [-0.4, -0.2) is 26.2 Å². The smallest absolute Gasteiger partial charge is 0.00461 e. The van der Waals surface area contributed by atoms with Crippen molar-refractivity contribution in [2.24, 2.45) is 22.9 Å². The lowest BCUT2D eigenvalue weighted by Gasteiger charge is -1.91. The fraction of sp³-hybridized carbons (Fsp3) is 1.00. The van der Waals surface area contributed by atoms with Crippen LogP contribution in [0.5, 0.6) is 0 Å². The number of rotatable bonds is 5. The molecule has 0 saturated heterocycles. The zero-order valence-electron chi connectivity index (χ0n) is 7.26. The lowest BCUT2D eigenvalue weighted by molar-refractivity contribution is 0.695. The van der Waals surface area contributed by atoms with Crippen molar-refractivity contribution in [3.05, 3.63) is 0 Å². The maximum absolute atomic E-state index is 5.23. The molecule has 0 aromatic heterocycles. The van der Waals surface area contributed by atoms with Crippen molar-refractivity contribution >= 4 is 0 Å². The summed E-state index contributed by atoms with van der Waals surface area (Å²) < 4.78 is 0. The van der Waals surface area contributed by atoms with Crippen molar-refractivity contribution in [2.45, 2.75) is 19.3 Å². The Morgan fingerprint density at radius 1 is 0.455 bits per heavy atom. The van der Waals surface area contributed by atoms with Gasteiger partial charge in [-0.2, -0.15) is 0 Å². The maximum atomic E-state index is 5.23. The van der Waals surface area contributed by atoms with Crippen LogP contribution in [0.4, 0.5) is 0 Å². The van der Waals surface area contributed by atoms with E-state index in [9.17, 15) is 0 Å². The van der Waals surface area contributed by atoms with Gasteiger partial charge in [0.25, 0.3) is 0 Å². The second-order valence-electron chi connectivity index (χ2n) is 2.22. The Morgan fingerprint density at radius 3 is 1.00 bits per heavy atom. The Morgan fingerprint density at radius 2 is 0.818 bits per heavy atom. The van der Waals surface area contributed by atoms with Crippen molar-refractivity contribution in [2.75, 3.05) is 26.2 Å². The Balaban J connectivity index is 0. The van der Waals surface area contributed by atoms with Gasteiger partial charge in [0.1, 0.15) is 0 Å². The van der Waals surface area contributed by atoms with Gasteiger partial charge in [-0.15, -0.1) is 0 Å². The number of nitrogens with two attached hydrogens (primary N) is 4. The monoisotopic (exact) mass is 162 g/mol. The topological polar surface area (TPSA) is 104 Å². The van der Waals surface area contributed by atoms with Gasteiger partial charge in [0.2, 0.25) is 0 Å². The standard InChI is InChI=1S/C5H14N2.C2H8N2/c6-4-2-1-3-5-7;3-1-2-4/h1-7H2;1-4H2. The van der Waals surface area contributed by atoms with E-state index in [0.29, 0.717) is 13.1 Å². The quantitative estimate of drug-likeness (QED) is 0.388. The van der Waals surface area contributed by atoms with Crippen molar-refractivity contribution in [1.82, 2.24) is 0 Å². The van der Waals surface area contributed by atoms with E-state index in [1.807, 2.05) is 0 Å². The first-order valence-corrected chi connectivity index (χ1v) is 4.13. The minimum Gasteiger partial charge on any atom is -0.330 e. The molecule has 0 aromatic rings. The summed E-state index contributed by atoms with van der Waals surface area (Å²) in [5.41, 5.74) is 20.3. The summed E-state index contributed by atoms with van der Waals surface area (Å²) in [5.74, 6) is 0. The second-order valence-corrected chi connectivity index (χ2v) is 2.22. The summed E-state index contributed by atoms with van der Waals surface area (Å²) in [4.78, 5) is 0. The molecule has 0 radical (unpaired) electrons. The molecule has 0 heterocycles. The third-order valence-corrected chi connectivity index (χ3v) is 1.07. The predicted octanol–water partition coefficient (Wildman–Crippen LogP) is -1.02. The highest BCUT2D eigenvalue weighted by Gasteiger charge is 1.80. The van der Waals surface area contributed by atoms with E-state index in [4.69, 9.17) is 22.9 Å². The van der Waals surface area contributed by atoms with Crippen LogP contribution in [0.3, 0.4) is 0 Å². The van der Waals surface area contributed by atoms with Crippen LogP contribution in [0.15, 0.2) is 0 Å². The van der Waals surface area contributed by atoms with Gasteiger partial charge >= 0.3 is 0 Å². The van der Waals surface area contributed by atoms with Crippen LogP contribution in [0, 0.1) is 0 Å². The largest absolute Gasteiger partial charge is 0.330 e. The van der Waals surface area contributed by atoms with Crippen LogP contribution in [-0.2, 0) is 0 Å². The molecule has 8 N–H and O–H groups in total. The molecule has 70 valence electrons. The van der Waals surface area contributed by atoms with E-state index in [-0.39, 0.29) is 0 Å². The molecule has 11 heavy (non-hydrogen) atoms. The normalized spacial score (nSPS) is 8.73. The molecule has 0 aliphatic rings. The van der Waals surface area contributed by atoms with Gasteiger partial charge < -0.3 is 22.9 Å². The van der Waals surface area contributed by atoms with Crippen LogP contribution in [0.25, 0.3) is 0 Å². The Kier molecular flexibility index (Phi) is 20.1. The zero-order valence-corrected chi connectivity index (χ0v) is 7.26. The second kappa shape index (κ2) is 16.4. The van der Waals surface area contributed by atoms with Crippen molar-refractivity contribution in [3.63, 3.8) is 0 Å². The van der Waals surface area contributed by atoms with Crippen LogP contribution in [0.1, 0.15) is 19.3 Å². The van der Waals surface area contributed by atoms with Crippen LogP contribution in [0.2, 0.25) is 0 Å². The highest BCUT2D eigenvalue weighted by molar-refractivity contribution is 4.41. The van der Waals surface area contributed by atoms with E-state index in [1.165, 1.54) is 6.42 Å². The molecule has 0 aliphatic heterocycles. The van der Waals surface area contributed by atoms with Gasteiger partial charge in [-0.25, -0.2) is 0 Å². The fourth-order valence-corrected chi connectivity index (χ4v) is 0.465. The molecule has 0 unspecified atom stereocenters. The Bertz CT molecular complexity index is 43.7. The SMILES string of the molecule is NCCCCCN.NCCN. The Labute approximate surface area is 69.3 Å².